The Morgan fingerprint density at radius 3 is 1.85 bits per heavy atom. The maximum absolute atomic E-state index is 14.0. The van der Waals surface area contributed by atoms with E-state index in [0.717, 1.165) is 90.9 Å². The van der Waals surface area contributed by atoms with E-state index in [0.29, 0.717) is 23.3 Å². The number of Topliss-reactive ketones (excluding diaryl/α,β-unsaturated/α-hetero) is 1. The summed E-state index contributed by atoms with van der Waals surface area (Å²) >= 11 is 0. The minimum absolute atomic E-state index is 0.0800. The van der Waals surface area contributed by atoms with Gasteiger partial charge in [-0.1, -0.05) is 30.3 Å². The highest BCUT2D eigenvalue weighted by atomic mass is 16.5. The third-order valence-electron chi connectivity index (χ3n) is 9.07. The molecule has 202 valence electrons. The number of methoxy groups -OCH3 is 2. The molecule has 0 unspecified atom stereocenters. The lowest BCUT2D eigenvalue weighted by molar-refractivity contribution is -0.113. The van der Waals surface area contributed by atoms with Crippen LogP contribution < -0.4 is 9.47 Å². The predicted molar refractivity (Wildman–Crippen MR) is 157 cm³/mol. The number of hydrogen-bond acceptors (Lipinski definition) is 5. The molecule has 0 radical (unpaired) electrons. The average Bonchev–Trinajstić information content (AvgIpc) is 3.56. The van der Waals surface area contributed by atoms with Crippen molar-refractivity contribution in [2.75, 3.05) is 14.2 Å². The fourth-order valence-electron chi connectivity index (χ4n) is 7.20. The summed E-state index contributed by atoms with van der Waals surface area (Å²) in [5, 5.41) is 11.6. The van der Waals surface area contributed by atoms with E-state index in [9.17, 15) is 9.90 Å². The van der Waals surface area contributed by atoms with E-state index in [1.54, 1.807) is 14.2 Å². The quantitative estimate of drug-likeness (QED) is 0.401. The molecule has 1 N–H and O–H groups in total. The minimum Gasteiger partial charge on any atom is -0.506 e. The molecule has 1 aliphatic heterocycles. The van der Waals surface area contributed by atoms with Crippen LogP contribution in [0.3, 0.4) is 0 Å². The van der Waals surface area contributed by atoms with Gasteiger partial charge in [0.2, 0.25) is 5.78 Å². The molecule has 40 heavy (non-hydrogen) atoms. The minimum atomic E-state index is -0.0800. The molecule has 0 amide bonds. The molecule has 5 heteroatoms. The lowest BCUT2D eigenvalue weighted by Gasteiger charge is -2.26. The number of fused-ring (bicyclic) bond motifs is 1. The van der Waals surface area contributed by atoms with Crippen LogP contribution in [0.25, 0.3) is 5.57 Å². The maximum atomic E-state index is 14.0. The highest BCUT2D eigenvalue weighted by Crippen LogP contribution is 2.53. The Balaban J connectivity index is 1.33. The van der Waals surface area contributed by atoms with Gasteiger partial charge in [0.25, 0.3) is 0 Å². The maximum Gasteiger partial charge on any atom is 0.203 e. The number of aliphatic imine (C=N–C) groups is 1. The fourth-order valence-corrected chi connectivity index (χ4v) is 7.20. The molecule has 7 rings (SSSR count). The van der Waals surface area contributed by atoms with Crippen molar-refractivity contribution >= 4 is 17.1 Å². The number of allylic oxidation sites excluding steroid dienone is 8. The lowest BCUT2D eigenvalue weighted by Crippen LogP contribution is -2.26. The monoisotopic (exact) mass is 531 g/mol. The Morgan fingerprint density at radius 2 is 1.20 bits per heavy atom. The third kappa shape index (κ3) is 3.67. The van der Waals surface area contributed by atoms with E-state index in [1.807, 2.05) is 42.5 Å². The molecule has 5 aliphatic rings. The molecule has 0 bridgehead atoms. The molecule has 1 heterocycles. The highest BCUT2D eigenvalue weighted by Gasteiger charge is 2.44. The average molecular weight is 532 g/mol. The number of carbonyl (C=O) groups is 1. The van der Waals surface area contributed by atoms with Crippen LogP contribution in [0.2, 0.25) is 0 Å². The Kier molecular flexibility index (Phi) is 6.10. The van der Waals surface area contributed by atoms with Gasteiger partial charge in [0.1, 0.15) is 17.3 Å². The first-order chi connectivity index (χ1) is 19.6. The molecule has 0 aromatic heterocycles. The normalized spacial score (nSPS) is 22.4. The number of ketones is 1. The first kappa shape index (κ1) is 24.9. The van der Waals surface area contributed by atoms with E-state index in [2.05, 4.69) is 6.07 Å². The van der Waals surface area contributed by atoms with Gasteiger partial charge in [0.05, 0.1) is 36.8 Å². The second-order valence-electron chi connectivity index (χ2n) is 11.1. The Hall–Kier alpha value is -4.12. The molecule has 1 fully saturated rings. The summed E-state index contributed by atoms with van der Waals surface area (Å²) < 4.78 is 11.3. The zero-order chi connectivity index (χ0) is 27.4. The van der Waals surface area contributed by atoms with Crippen LogP contribution >= 0.6 is 0 Å². The number of carbonyl (C=O) groups excluding carboxylic acids is 1. The second-order valence-corrected chi connectivity index (χ2v) is 11.1. The molecule has 2 aromatic rings. The Morgan fingerprint density at radius 1 is 0.650 bits per heavy atom. The largest absolute Gasteiger partial charge is 0.506 e. The van der Waals surface area contributed by atoms with Crippen molar-refractivity contribution in [2.24, 2.45) is 4.99 Å². The molecular formula is C35H33NO4. The van der Waals surface area contributed by atoms with Crippen LogP contribution in [0.5, 0.6) is 11.5 Å². The van der Waals surface area contributed by atoms with Gasteiger partial charge in [-0.05, 0) is 109 Å². The fraction of sp³-hybridized carbons (Fsp3) is 0.314. The smallest absolute Gasteiger partial charge is 0.203 e. The summed E-state index contributed by atoms with van der Waals surface area (Å²) in [6.45, 7) is 0. The van der Waals surface area contributed by atoms with Gasteiger partial charge >= 0.3 is 0 Å². The number of aliphatic hydroxyl groups excluding tert-OH is 1. The van der Waals surface area contributed by atoms with Gasteiger partial charge in [0, 0.05) is 11.1 Å². The van der Waals surface area contributed by atoms with Crippen LogP contribution in [0, 0.1) is 0 Å². The molecule has 5 nitrogen and oxygen atoms in total. The van der Waals surface area contributed by atoms with Crippen molar-refractivity contribution in [2.45, 2.75) is 57.8 Å². The first-order valence-electron chi connectivity index (χ1n) is 14.4. The van der Waals surface area contributed by atoms with Gasteiger partial charge < -0.3 is 14.6 Å². The van der Waals surface area contributed by atoms with Crippen molar-refractivity contribution in [3.05, 3.63) is 110 Å². The Bertz CT molecular complexity index is 1660. The van der Waals surface area contributed by atoms with Gasteiger partial charge in [-0.15, -0.1) is 0 Å². The zero-order valence-corrected chi connectivity index (χ0v) is 23.1. The summed E-state index contributed by atoms with van der Waals surface area (Å²) in [5.41, 5.74) is 11.5. The van der Waals surface area contributed by atoms with Crippen molar-refractivity contribution in [3.63, 3.8) is 0 Å². The number of aliphatic hydroxyl groups is 1. The Labute approximate surface area is 234 Å². The van der Waals surface area contributed by atoms with Crippen LogP contribution in [0.15, 0.2) is 104 Å². The van der Waals surface area contributed by atoms with Gasteiger partial charge in [-0.3, -0.25) is 4.79 Å². The number of benzene rings is 2. The predicted octanol–water partition coefficient (Wildman–Crippen LogP) is 7.75. The summed E-state index contributed by atoms with van der Waals surface area (Å²) in [4.78, 5) is 19.0. The SMILES string of the molecule is COc1ccccc1C1=NC(=C2C(=O)C(C3=C4CCCCC4=C(c4ccccc4OC)C3)=C2O)C2=C1CCCC2. The lowest BCUT2D eigenvalue weighted by atomic mass is 9.77. The molecule has 1 saturated carbocycles. The van der Waals surface area contributed by atoms with E-state index in [4.69, 9.17) is 14.5 Å². The summed E-state index contributed by atoms with van der Waals surface area (Å²) in [5.74, 6) is 1.64. The highest BCUT2D eigenvalue weighted by molar-refractivity contribution is 6.25. The van der Waals surface area contributed by atoms with E-state index in [1.165, 1.54) is 22.3 Å². The van der Waals surface area contributed by atoms with Gasteiger partial charge in [0.15, 0.2) is 0 Å². The van der Waals surface area contributed by atoms with Gasteiger partial charge in [-0.2, -0.15) is 0 Å². The van der Waals surface area contributed by atoms with Crippen molar-refractivity contribution in [1.29, 1.82) is 0 Å². The number of nitrogens with zero attached hydrogens (tertiary/aromatic N) is 1. The standard InChI is InChI=1S/C35H33NO4/c1-39-28-17-9-7-13-22(28)26-19-27(21-12-4-3-11-20(21)26)30-34(37)31(35(30)38)33-24-15-6-5-14-23(24)32(36-33)25-16-8-10-18-29(25)40-2/h7-10,13,16-18,37H,3-6,11-12,14-15,19H2,1-2H3. The number of hydrogen-bond donors (Lipinski definition) is 1. The molecule has 4 aliphatic carbocycles. The first-order valence-corrected chi connectivity index (χ1v) is 14.4. The summed E-state index contributed by atoms with van der Waals surface area (Å²) in [7, 11) is 3.37. The van der Waals surface area contributed by atoms with E-state index < -0.39 is 0 Å². The van der Waals surface area contributed by atoms with E-state index in [-0.39, 0.29) is 11.5 Å². The van der Waals surface area contributed by atoms with Crippen molar-refractivity contribution < 1.29 is 19.4 Å². The number of ether oxygens (including phenoxy) is 2. The number of para-hydroxylation sites is 2. The van der Waals surface area contributed by atoms with Crippen LogP contribution in [-0.2, 0) is 4.79 Å². The summed E-state index contributed by atoms with van der Waals surface area (Å²) in [6, 6.07) is 16.0. The van der Waals surface area contributed by atoms with E-state index >= 15 is 0 Å². The third-order valence-corrected chi connectivity index (χ3v) is 9.07. The van der Waals surface area contributed by atoms with Crippen molar-refractivity contribution in [1.82, 2.24) is 0 Å². The molecule has 0 atom stereocenters. The van der Waals surface area contributed by atoms with Crippen LogP contribution in [0.4, 0.5) is 0 Å². The number of rotatable bonds is 5. The van der Waals surface area contributed by atoms with Crippen molar-refractivity contribution in [3.8, 4) is 11.5 Å². The second kappa shape index (κ2) is 9.81. The topological polar surface area (TPSA) is 68.1 Å². The molecule has 0 spiro atoms. The molecule has 2 aromatic carbocycles. The zero-order valence-electron chi connectivity index (χ0n) is 23.1. The van der Waals surface area contributed by atoms with Gasteiger partial charge in [-0.25, -0.2) is 4.99 Å². The molecule has 0 saturated heterocycles. The summed E-state index contributed by atoms with van der Waals surface area (Å²) in [6.07, 6.45) is 8.73. The van der Waals surface area contributed by atoms with Crippen LogP contribution in [0.1, 0.15) is 68.9 Å². The molecular weight excluding hydrogens is 498 g/mol. The van der Waals surface area contributed by atoms with Crippen LogP contribution in [-0.4, -0.2) is 30.8 Å².